The van der Waals surface area contributed by atoms with Gasteiger partial charge in [-0.3, -0.25) is 0 Å². The van der Waals surface area contributed by atoms with Crippen molar-refractivity contribution in [3.63, 3.8) is 0 Å². The van der Waals surface area contributed by atoms with E-state index in [9.17, 15) is 0 Å². The van der Waals surface area contributed by atoms with Crippen LogP contribution in [0.2, 0.25) is 0 Å². The molecular weight excluding hydrogens is 192 g/mol. The minimum Gasteiger partial charge on any atom is -0.0683 e. The van der Waals surface area contributed by atoms with Gasteiger partial charge in [0.1, 0.15) is 0 Å². The lowest BCUT2D eigenvalue weighted by molar-refractivity contribution is 0.420. The molecule has 0 nitrogen and oxygen atoms in total. The Labute approximate surface area is 102 Å². The molecular formula is C16H28. The van der Waals surface area contributed by atoms with Crippen LogP contribution in [0.4, 0.5) is 0 Å². The van der Waals surface area contributed by atoms with Gasteiger partial charge in [-0.1, -0.05) is 70.4 Å². The molecule has 2 rings (SSSR count). The molecule has 0 heterocycles. The smallest absolute Gasteiger partial charge is 0.0162 e. The maximum absolute atomic E-state index is 2.28. The summed E-state index contributed by atoms with van der Waals surface area (Å²) in [5, 5.41) is 0. The van der Waals surface area contributed by atoms with Crippen molar-refractivity contribution in [2.45, 2.75) is 66.2 Å². The predicted molar refractivity (Wildman–Crippen MR) is 75.1 cm³/mol. The van der Waals surface area contributed by atoms with Crippen LogP contribution in [-0.4, -0.2) is 0 Å². The van der Waals surface area contributed by atoms with Crippen LogP contribution in [0.15, 0.2) is 24.3 Å². The Hall–Kier alpha value is -0.780. The molecule has 0 saturated heterocycles. The van der Waals surface area contributed by atoms with Crippen LogP contribution in [0, 0.1) is 6.92 Å². The van der Waals surface area contributed by atoms with Crippen LogP contribution < -0.4 is 0 Å². The van der Waals surface area contributed by atoms with E-state index in [-0.39, 0.29) is 0 Å². The Bertz CT molecular complexity index is 241. The van der Waals surface area contributed by atoms with Crippen LogP contribution in [-0.2, 0) is 0 Å². The molecule has 1 saturated carbocycles. The van der Waals surface area contributed by atoms with Crippen molar-refractivity contribution < 1.29 is 0 Å². The molecule has 0 atom stereocenters. The van der Waals surface area contributed by atoms with Crippen molar-refractivity contribution in [3.8, 4) is 0 Å². The van der Waals surface area contributed by atoms with Crippen molar-refractivity contribution in [1.29, 1.82) is 0 Å². The normalized spacial score (nSPS) is 13.8. The van der Waals surface area contributed by atoms with Gasteiger partial charge in [-0.2, -0.15) is 0 Å². The van der Waals surface area contributed by atoms with Gasteiger partial charge in [-0.25, -0.2) is 0 Å². The summed E-state index contributed by atoms with van der Waals surface area (Å²) in [4.78, 5) is 0. The molecule has 0 radical (unpaired) electrons. The highest BCUT2D eigenvalue weighted by Crippen LogP contribution is 2.36. The summed E-state index contributed by atoms with van der Waals surface area (Å²) in [7, 11) is 0. The third kappa shape index (κ3) is 5.34. The van der Waals surface area contributed by atoms with Gasteiger partial charge in [0, 0.05) is 0 Å². The molecule has 1 aliphatic rings. The maximum atomic E-state index is 2.28. The number of hydrogen-bond acceptors (Lipinski definition) is 0. The Morgan fingerprint density at radius 1 is 1.00 bits per heavy atom. The van der Waals surface area contributed by atoms with Gasteiger partial charge < -0.3 is 0 Å². The third-order valence-electron chi connectivity index (χ3n) is 2.65. The lowest BCUT2D eigenvalue weighted by Gasteiger charge is -2.25. The minimum absolute atomic E-state index is 0.885. The topological polar surface area (TPSA) is 0 Å². The Morgan fingerprint density at radius 2 is 1.44 bits per heavy atom. The second kappa shape index (κ2) is 9.45. The molecule has 0 aromatic heterocycles. The van der Waals surface area contributed by atoms with Crippen LogP contribution in [0.5, 0.6) is 0 Å². The Kier molecular flexibility index (Phi) is 8.99. The first-order valence-electron chi connectivity index (χ1n) is 6.84. The molecule has 0 heteroatoms. The average Bonchev–Trinajstić information content (AvgIpc) is 2.23. The standard InChI is InChI=1S/C11H14.C3H8.C2H6/c1-9-5-7-11(8-6-9)10-3-2-4-10;1-3-2;1-2/h5-8,10H,2-4H2,1H3;3H2,1-2H3;1-2H3. The number of aryl methyl sites for hydroxylation is 1. The van der Waals surface area contributed by atoms with E-state index in [1.165, 1.54) is 31.2 Å². The van der Waals surface area contributed by atoms with Gasteiger partial charge in [0.15, 0.2) is 0 Å². The summed E-state index contributed by atoms with van der Waals surface area (Å²) < 4.78 is 0. The van der Waals surface area contributed by atoms with E-state index in [4.69, 9.17) is 0 Å². The lowest BCUT2D eigenvalue weighted by Crippen LogP contribution is -2.08. The minimum atomic E-state index is 0.885. The zero-order chi connectivity index (χ0) is 12.4. The van der Waals surface area contributed by atoms with Crippen LogP contribution in [0.25, 0.3) is 0 Å². The maximum Gasteiger partial charge on any atom is -0.0162 e. The molecule has 0 spiro atoms. The Balaban J connectivity index is 0.000000394. The highest BCUT2D eigenvalue weighted by atomic mass is 14.2. The molecule has 0 unspecified atom stereocenters. The highest BCUT2D eigenvalue weighted by molar-refractivity contribution is 5.25. The number of rotatable bonds is 1. The summed E-state index contributed by atoms with van der Waals surface area (Å²) in [6.45, 7) is 10.4. The van der Waals surface area contributed by atoms with Gasteiger partial charge in [0.05, 0.1) is 0 Å². The van der Waals surface area contributed by atoms with Crippen molar-refractivity contribution in [3.05, 3.63) is 35.4 Å². The molecule has 1 aliphatic carbocycles. The summed E-state index contributed by atoms with van der Waals surface area (Å²) in [5.74, 6) is 0.885. The van der Waals surface area contributed by atoms with E-state index >= 15 is 0 Å². The van der Waals surface area contributed by atoms with Crippen LogP contribution in [0.1, 0.15) is 70.4 Å². The van der Waals surface area contributed by atoms with Crippen molar-refractivity contribution in [2.75, 3.05) is 0 Å². The molecule has 1 aromatic rings. The van der Waals surface area contributed by atoms with E-state index in [0.717, 1.165) is 5.92 Å². The fourth-order valence-electron chi connectivity index (χ4n) is 1.58. The average molecular weight is 220 g/mol. The van der Waals surface area contributed by atoms with E-state index in [2.05, 4.69) is 45.0 Å². The van der Waals surface area contributed by atoms with E-state index in [1.807, 2.05) is 13.8 Å². The van der Waals surface area contributed by atoms with Gasteiger partial charge in [0.25, 0.3) is 0 Å². The summed E-state index contributed by atoms with van der Waals surface area (Å²) in [6, 6.07) is 8.99. The fraction of sp³-hybridized carbons (Fsp3) is 0.625. The van der Waals surface area contributed by atoms with Crippen LogP contribution in [0.3, 0.4) is 0 Å². The molecule has 0 aliphatic heterocycles. The summed E-state index contributed by atoms with van der Waals surface area (Å²) >= 11 is 0. The monoisotopic (exact) mass is 220 g/mol. The second-order valence-corrected chi connectivity index (χ2v) is 4.25. The predicted octanol–water partition coefficient (Wildman–Crippen LogP) is 5.71. The largest absolute Gasteiger partial charge is 0.0683 e. The number of hydrogen-bond donors (Lipinski definition) is 0. The molecule has 92 valence electrons. The van der Waals surface area contributed by atoms with Gasteiger partial charge >= 0.3 is 0 Å². The molecule has 1 fully saturated rings. The Morgan fingerprint density at radius 3 is 1.75 bits per heavy atom. The zero-order valence-electron chi connectivity index (χ0n) is 11.7. The third-order valence-corrected chi connectivity index (χ3v) is 2.65. The van der Waals surface area contributed by atoms with Crippen LogP contribution >= 0.6 is 0 Å². The summed E-state index contributed by atoms with van der Waals surface area (Å²) in [6.07, 6.45) is 5.49. The van der Waals surface area contributed by atoms with Crippen molar-refractivity contribution in [2.24, 2.45) is 0 Å². The quantitative estimate of drug-likeness (QED) is 0.569. The summed E-state index contributed by atoms with van der Waals surface area (Å²) in [5.41, 5.74) is 2.91. The molecule has 0 N–H and O–H groups in total. The number of benzene rings is 1. The first-order chi connectivity index (χ1) is 7.77. The first-order valence-corrected chi connectivity index (χ1v) is 6.84. The SMILES string of the molecule is CC.CCC.Cc1ccc(C2CCC2)cc1. The van der Waals surface area contributed by atoms with E-state index in [0.29, 0.717) is 0 Å². The second-order valence-electron chi connectivity index (χ2n) is 4.25. The van der Waals surface area contributed by atoms with Gasteiger partial charge in [0.2, 0.25) is 0 Å². The molecule has 0 amide bonds. The van der Waals surface area contributed by atoms with Crippen molar-refractivity contribution in [1.82, 2.24) is 0 Å². The molecule has 1 aromatic carbocycles. The fourth-order valence-corrected chi connectivity index (χ4v) is 1.58. The first kappa shape index (κ1) is 15.2. The van der Waals surface area contributed by atoms with Crippen molar-refractivity contribution >= 4 is 0 Å². The highest BCUT2D eigenvalue weighted by Gasteiger charge is 2.18. The molecule has 16 heavy (non-hydrogen) atoms. The lowest BCUT2D eigenvalue weighted by atomic mass is 9.80. The van der Waals surface area contributed by atoms with E-state index in [1.54, 1.807) is 5.56 Å². The molecule has 0 bridgehead atoms. The van der Waals surface area contributed by atoms with Gasteiger partial charge in [-0.15, -0.1) is 0 Å². The zero-order valence-corrected chi connectivity index (χ0v) is 11.7. The van der Waals surface area contributed by atoms with Gasteiger partial charge in [-0.05, 0) is 31.2 Å². The van der Waals surface area contributed by atoms with E-state index < -0.39 is 0 Å².